The van der Waals surface area contributed by atoms with Crippen molar-refractivity contribution in [3.8, 4) is 5.75 Å². The zero-order valence-corrected chi connectivity index (χ0v) is 15.1. The Kier molecular flexibility index (Phi) is 4.21. The van der Waals surface area contributed by atoms with Crippen LogP contribution >= 0.6 is 0 Å². The van der Waals surface area contributed by atoms with E-state index in [0.717, 1.165) is 3.97 Å². The van der Waals surface area contributed by atoms with Crippen molar-refractivity contribution in [2.24, 2.45) is 0 Å². The molecule has 0 saturated heterocycles. The van der Waals surface area contributed by atoms with Crippen molar-refractivity contribution in [1.29, 1.82) is 0 Å². The summed E-state index contributed by atoms with van der Waals surface area (Å²) < 4.78 is 32.6. The lowest BCUT2D eigenvalue weighted by Gasteiger charge is -2.11. The number of anilines is 2. The molecule has 136 valence electrons. The van der Waals surface area contributed by atoms with E-state index in [4.69, 9.17) is 4.74 Å². The summed E-state index contributed by atoms with van der Waals surface area (Å²) in [6, 6.07) is 11.7. The summed E-state index contributed by atoms with van der Waals surface area (Å²) in [4.78, 5) is 12.7. The third-order valence-electron chi connectivity index (χ3n) is 3.92. The molecule has 0 bridgehead atoms. The molecule has 0 amide bonds. The number of aromatic nitrogens is 4. The Labute approximate surface area is 155 Å². The number of benzene rings is 1. The molecule has 0 aliphatic rings. The van der Waals surface area contributed by atoms with Gasteiger partial charge in [-0.05, 0) is 30.3 Å². The molecule has 0 fully saturated rings. The third-order valence-corrected chi connectivity index (χ3v) is 5.62. The number of nitrogens with one attached hydrogen (secondary N) is 1. The van der Waals surface area contributed by atoms with Crippen LogP contribution in [0.2, 0.25) is 0 Å². The van der Waals surface area contributed by atoms with Gasteiger partial charge in [0.05, 0.1) is 19.0 Å². The lowest BCUT2D eigenvalue weighted by Crippen LogP contribution is -2.14. The molecule has 4 rings (SSSR count). The smallest absolute Gasteiger partial charge is 0.273 e. The maximum atomic E-state index is 13.2. The SMILES string of the molecule is COc1ccccc1S(=O)(=O)n1ccc2cnc(Nc3cccnc3)nc21. The molecular formula is C18H15N5O3S. The van der Waals surface area contributed by atoms with Crippen LogP contribution in [0.3, 0.4) is 0 Å². The number of methoxy groups -OCH3 is 1. The van der Waals surface area contributed by atoms with E-state index in [1.807, 2.05) is 6.07 Å². The maximum absolute atomic E-state index is 13.2. The van der Waals surface area contributed by atoms with Gasteiger partial charge in [-0.15, -0.1) is 0 Å². The second-order valence-corrected chi connectivity index (χ2v) is 7.39. The molecule has 0 radical (unpaired) electrons. The van der Waals surface area contributed by atoms with Gasteiger partial charge in [-0.1, -0.05) is 12.1 Å². The van der Waals surface area contributed by atoms with Gasteiger partial charge >= 0.3 is 0 Å². The van der Waals surface area contributed by atoms with Crippen LogP contribution in [-0.2, 0) is 10.0 Å². The Morgan fingerprint density at radius 1 is 1.07 bits per heavy atom. The first-order valence-electron chi connectivity index (χ1n) is 7.99. The fourth-order valence-corrected chi connectivity index (χ4v) is 4.12. The number of rotatable bonds is 5. The molecule has 0 aliphatic carbocycles. The van der Waals surface area contributed by atoms with Crippen molar-refractivity contribution < 1.29 is 13.2 Å². The number of hydrogen-bond acceptors (Lipinski definition) is 7. The van der Waals surface area contributed by atoms with Gasteiger partial charge in [0.15, 0.2) is 5.65 Å². The number of hydrogen-bond donors (Lipinski definition) is 1. The number of pyridine rings is 1. The van der Waals surface area contributed by atoms with Gasteiger partial charge in [-0.3, -0.25) is 4.98 Å². The molecule has 0 atom stereocenters. The quantitative estimate of drug-likeness (QED) is 0.567. The van der Waals surface area contributed by atoms with Crippen molar-refractivity contribution >= 4 is 32.7 Å². The highest BCUT2D eigenvalue weighted by molar-refractivity contribution is 7.90. The van der Waals surface area contributed by atoms with E-state index in [1.165, 1.54) is 19.4 Å². The average Bonchev–Trinajstić information content (AvgIpc) is 3.13. The van der Waals surface area contributed by atoms with Gasteiger partial charge in [-0.25, -0.2) is 17.4 Å². The minimum Gasteiger partial charge on any atom is -0.495 e. The topological polar surface area (TPSA) is 99.0 Å². The minimum atomic E-state index is -3.89. The maximum Gasteiger partial charge on any atom is 0.273 e. The van der Waals surface area contributed by atoms with Crippen LogP contribution in [0.1, 0.15) is 0 Å². The first-order chi connectivity index (χ1) is 13.1. The predicted octanol–water partition coefficient (Wildman–Crippen LogP) is 2.82. The fourth-order valence-electron chi connectivity index (χ4n) is 2.65. The molecule has 4 aromatic rings. The van der Waals surface area contributed by atoms with E-state index in [-0.39, 0.29) is 22.2 Å². The molecule has 0 saturated carbocycles. The standard InChI is InChI=1S/C18H15N5O3S/c1-26-15-6-2-3-7-16(15)27(24,25)23-10-8-13-11-20-18(22-17(13)23)21-14-5-4-9-19-12-14/h2-12H,1H3,(H,20,21,22). The molecular weight excluding hydrogens is 366 g/mol. The van der Waals surface area contributed by atoms with E-state index in [1.54, 1.807) is 48.9 Å². The fraction of sp³-hybridized carbons (Fsp3) is 0.0556. The number of para-hydroxylation sites is 1. The second kappa shape index (κ2) is 6.69. The largest absolute Gasteiger partial charge is 0.495 e. The lowest BCUT2D eigenvalue weighted by atomic mass is 10.3. The number of ether oxygens (including phenoxy) is 1. The molecule has 0 aliphatic heterocycles. The van der Waals surface area contributed by atoms with E-state index >= 15 is 0 Å². The van der Waals surface area contributed by atoms with Gasteiger partial charge < -0.3 is 10.1 Å². The van der Waals surface area contributed by atoms with Crippen LogP contribution in [0.4, 0.5) is 11.6 Å². The Morgan fingerprint density at radius 3 is 2.70 bits per heavy atom. The van der Waals surface area contributed by atoms with Crippen LogP contribution < -0.4 is 10.1 Å². The molecule has 9 heteroatoms. The van der Waals surface area contributed by atoms with E-state index < -0.39 is 10.0 Å². The van der Waals surface area contributed by atoms with Gasteiger partial charge in [0.1, 0.15) is 10.6 Å². The van der Waals surface area contributed by atoms with Gasteiger partial charge in [-0.2, -0.15) is 4.98 Å². The molecule has 0 spiro atoms. The number of fused-ring (bicyclic) bond motifs is 1. The zero-order valence-electron chi connectivity index (χ0n) is 14.3. The minimum absolute atomic E-state index is 0.0605. The van der Waals surface area contributed by atoms with Crippen LogP contribution in [0.5, 0.6) is 5.75 Å². The molecule has 0 unspecified atom stereocenters. The lowest BCUT2D eigenvalue weighted by molar-refractivity contribution is 0.402. The number of nitrogens with zero attached hydrogens (tertiary/aromatic N) is 4. The van der Waals surface area contributed by atoms with Gasteiger partial charge in [0.2, 0.25) is 5.95 Å². The average molecular weight is 381 g/mol. The summed E-state index contributed by atoms with van der Waals surface area (Å²) in [5.74, 6) is 0.535. The van der Waals surface area contributed by atoms with E-state index in [2.05, 4.69) is 20.3 Å². The molecule has 3 aromatic heterocycles. The van der Waals surface area contributed by atoms with Crippen molar-refractivity contribution in [3.63, 3.8) is 0 Å². The first-order valence-corrected chi connectivity index (χ1v) is 9.43. The van der Waals surface area contributed by atoms with Crippen molar-refractivity contribution in [3.05, 3.63) is 67.3 Å². The van der Waals surface area contributed by atoms with Gasteiger partial charge in [0, 0.05) is 24.0 Å². The second-order valence-electron chi connectivity index (χ2n) is 5.61. The van der Waals surface area contributed by atoms with Crippen LogP contribution in [-0.4, -0.2) is 34.5 Å². The Bertz CT molecular complexity index is 1210. The predicted molar refractivity (Wildman–Crippen MR) is 101 cm³/mol. The normalized spacial score (nSPS) is 11.4. The summed E-state index contributed by atoms with van der Waals surface area (Å²) in [5.41, 5.74) is 0.963. The van der Waals surface area contributed by atoms with Crippen LogP contribution in [0, 0.1) is 0 Å². The van der Waals surface area contributed by atoms with Crippen LogP contribution in [0.25, 0.3) is 11.0 Å². The zero-order chi connectivity index (χ0) is 18.9. The van der Waals surface area contributed by atoms with Gasteiger partial charge in [0.25, 0.3) is 10.0 Å². The highest BCUT2D eigenvalue weighted by Crippen LogP contribution is 2.28. The highest BCUT2D eigenvalue weighted by Gasteiger charge is 2.23. The van der Waals surface area contributed by atoms with Crippen LogP contribution in [0.15, 0.2) is 72.1 Å². The van der Waals surface area contributed by atoms with Crippen molar-refractivity contribution in [1.82, 2.24) is 18.9 Å². The highest BCUT2D eigenvalue weighted by atomic mass is 32.2. The summed E-state index contributed by atoms with van der Waals surface area (Å²) in [5, 5.41) is 3.61. The Hall–Kier alpha value is -3.46. The molecule has 3 heterocycles. The Balaban J connectivity index is 1.81. The summed E-state index contributed by atoms with van der Waals surface area (Å²) in [6.45, 7) is 0. The summed E-state index contributed by atoms with van der Waals surface area (Å²) in [7, 11) is -2.46. The third kappa shape index (κ3) is 3.08. The monoisotopic (exact) mass is 381 g/mol. The van der Waals surface area contributed by atoms with Crippen molar-refractivity contribution in [2.75, 3.05) is 12.4 Å². The molecule has 1 N–H and O–H groups in total. The van der Waals surface area contributed by atoms with Crippen molar-refractivity contribution in [2.45, 2.75) is 4.90 Å². The van der Waals surface area contributed by atoms with E-state index in [9.17, 15) is 8.42 Å². The summed E-state index contributed by atoms with van der Waals surface area (Å²) >= 11 is 0. The summed E-state index contributed by atoms with van der Waals surface area (Å²) in [6.07, 6.45) is 6.29. The Morgan fingerprint density at radius 2 is 1.93 bits per heavy atom. The molecule has 8 nitrogen and oxygen atoms in total. The molecule has 27 heavy (non-hydrogen) atoms. The van der Waals surface area contributed by atoms with E-state index in [0.29, 0.717) is 11.1 Å². The molecule has 1 aromatic carbocycles. The first kappa shape index (κ1) is 17.0.